The molecule has 2 amide bonds. The number of rotatable bonds is 11. The lowest BCUT2D eigenvalue weighted by atomic mass is 10.1. The fraction of sp³-hybridized carbons (Fsp3) is 0.318. The van der Waals surface area contributed by atoms with Crippen molar-refractivity contribution in [1.82, 2.24) is 9.95 Å². The van der Waals surface area contributed by atoms with Crippen LogP contribution in [0.25, 0.3) is 0 Å². The molecule has 0 atom stereocenters. The van der Waals surface area contributed by atoms with Crippen molar-refractivity contribution in [3.8, 4) is 5.75 Å². The van der Waals surface area contributed by atoms with Crippen molar-refractivity contribution < 1.29 is 14.3 Å². The van der Waals surface area contributed by atoms with Crippen LogP contribution in [-0.4, -0.2) is 29.1 Å². The molecule has 4 N–H and O–H groups in total. The maximum absolute atomic E-state index is 12.2. The van der Waals surface area contributed by atoms with Crippen molar-refractivity contribution >= 4 is 41.7 Å². The van der Waals surface area contributed by atoms with E-state index in [0.717, 1.165) is 22.1 Å². The van der Waals surface area contributed by atoms with Gasteiger partial charge < -0.3 is 15.8 Å². The molecule has 0 bridgehead atoms. The van der Waals surface area contributed by atoms with Gasteiger partial charge in [0, 0.05) is 18.4 Å². The summed E-state index contributed by atoms with van der Waals surface area (Å²) in [6, 6.07) is 14.6. The van der Waals surface area contributed by atoms with E-state index in [0.29, 0.717) is 42.8 Å². The van der Waals surface area contributed by atoms with Gasteiger partial charge in [0.2, 0.25) is 5.91 Å². The molecule has 0 radical (unpaired) electrons. The van der Waals surface area contributed by atoms with Crippen LogP contribution in [0.5, 0.6) is 5.75 Å². The summed E-state index contributed by atoms with van der Waals surface area (Å²) in [6.07, 6.45) is 2.75. The number of thiol groups is 1. The van der Waals surface area contributed by atoms with Crippen molar-refractivity contribution in [3.05, 3.63) is 54.1 Å². The van der Waals surface area contributed by atoms with Crippen LogP contribution >= 0.6 is 12.8 Å². The van der Waals surface area contributed by atoms with Crippen LogP contribution in [-0.2, 0) is 9.59 Å². The molecule has 0 aromatic heterocycles. The lowest BCUT2D eigenvalue weighted by Gasteiger charge is -2.15. The Morgan fingerprint density at radius 3 is 2.58 bits per heavy atom. The summed E-state index contributed by atoms with van der Waals surface area (Å²) >= 11 is 4.14. The number of anilines is 2. The first-order valence-electron chi connectivity index (χ1n) is 10.0. The summed E-state index contributed by atoms with van der Waals surface area (Å²) in [5, 5.41) is 6.97. The zero-order chi connectivity index (χ0) is 22.6. The number of nitrogen functional groups attached to an aromatic ring is 1. The zero-order valence-corrected chi connectivity index (χ0v) is 18.7. The fourth-order valence-corrected chi connectivity index (χ4v) is 2.90. The van der Waals surface area contributed by atoms with Crippen molar-refractivity contribution in [2.45, 2.75) is 39.0 Å². The molecule has 8 nitrogen and oxygen atoms in total. The van der Waals surface area contributed by atoms with Crippen LogP contribution in [0.15, 0.2) is 53.6 Å². The number of nitrogens with two attached hydrogens (primary N) is 1. The van der Waals surface area contributed by atoms with E-state index in [1.807, 2.05) is 43.3 Å². The molecule has 166 valence electrons. The van der Waals surface area contributed by atoms with Crippen LogP contribution in [0.2, 0.25) is 0 Å². The number of amides is 2. The molecule has 2 aromatic rings. The minimum Gasteiger partial charge on any atom is -0.497 e. The summed E-state index contributed by atoms with van der Waals surface area (Å²) in [7, 11) is 1.60. The predicted molar refractivity (Wildman–Crippen MR) is 127 cm³/mol. The van der Waals surface area contributed by atoms with Crippen LogP contribution in [0.4, 0.5) is 11.4 Å². The third-order valence-electron chi connectivity index (χ3n) is 4.57. The van der Waals surface area contributed by atoms with Crippen LogP contribution in [0, 0.1) is 0 Å². The second kappa shape index (κ2) is 12.5. The summed E-state index contributed by atoms with van der Waals surface area (Å²) in [4.78, 5) is 24.2. The minimum atomic E-state index is -0.202. The second-order valence-electron chi connectivity index (χ2n) is 6.93. The fourth-order valence-electron chi connectivity index (χ4n) is 2.76. The van der Waals surface area contributed by atoms with Crippen molar-refractivity contribution in [1.29, 1.82) is 0 Å². The highest BCUT2D eigenvalue weighted by atomic mass is 32.1. The highest BCUT2D eigenvalue weighted by molar-refractivity contribution is 7.78. The SMILES string of the molecule is COc1cccc(/C(C)=N/NN(S)C(=O)CCCCCC(=O)Nc2ccccc2N)c1. The number of carbonyl (C=O) groups excluding carboxylic acids is 2. The van der Waals surface area contributed by atoms with E-state index >= 15 is 0 Å². The highest BCUT2D eigenvalue weighted by Gasteiger charge is 2.10. The molecule has 0 saturated carbocycles. The normalized spacial score (nSPS) is 11.0. The third-order valence-corrected chi connectivity index (χ3v) is 4.88. The average molecular weight is 444 g/mol. The summed E-state index contributed by atoms with van der Waals surface area (Å²) < 4.78 is 6.26. The molecule has 0 spiro atoms. The van der Waals surface area contributed by atoms with Crippen LogP contribution < -0.4 is 21.3 Å². The van der Waals surface area contributed by atoms with E-state index in [4.69, 9.17) is 10.5 Å². The Morgan fingerprint density at radius 1 is 1.10 bits per heavy atom. The van der Waals surface area contributed by atoms with Gasteiger partial charge in [-0.1, -0.05) is 30.7 Å². The van der Waals surface area contributed by atoms with Gasteiger partial charge in [0.1, 0.15) is 5.75 Å². The van der Waals surface area contributed by atoms with Crippen molar-refractivity contribution in [3.63, 3.8) is 0 Å². The van der Waals surface area contributed by atoms with Gasteiger partial charge in [0.05, 0.1) is 24.2 Å². The lowest BCUT2D eigenvalue weighted by Crippen LogP contribution is -2.32. The van der Waals surface area contributed by atoms with Gasteiger partial charge in [0.15, 0.2) is 0 Å². The smallest absolute Gasteiger partial charge is 0.252 e. The van der Waals surface area contributed by atoms with Crippen LogP contribution in [0.3, 0.4) is 0 Å². The molecule has 2 aromatic carbocycles. The Morgan fingerprint density at radius 2 is 1.84 bits per heavy atom. The number of hydrazone groups is 1. The van der Waals surface area contributed by atoms with E-state index in [1.54, 1.807) is 19.2 Å². The number of unbranched alkanes of at least 4 members (excludes halogenated alkanes) is 2. The van der Waals surface area contributed by atoms with E-state index in [2.05, 4.69) is 28.8 Å². The van der Waals surface area contributed by atoms with Crippen LogP contribution in [0.1, 0.15) is 44.6 Å². The first-order chi connectivity index (χ1) is 14.9. The number of methoxy groups -OCH3 is 1. The summed E-state index contributed by atoms with van der Waals surface area (Å²) in [5.41, 5.74) is 11.2. The van der Waals surface area contributed by atoms with Gasteiger partial charge in [-0.15, -0.1) is 0 Å². The van der Waals surface area contributed by atoms with E-state index in [-0.39, 0.29) is 11.8 Å². The Balaban J connectivity index is 1.66. The van der Waals surface area contributed by atoms with E-state index in [1.165, 1.54) is 0 Å². The van der Waals surface area contributed by atoms with Gasteiger partial charge in [0.25, 0.3) is 5.91 Å². The number of nitrogens with zero attached hydrogens (tertiary/aromatic N) is 2. The molecule has 31 heavy (non-hydrogen) atoms. The molecule has 0 fully saturated rings. The molecule has 2 rings (SSSR count). The van der Waals surface area contributed by atoms with Gasteiger partial charge >= 0.3 is 0 Å². The number of hydrogen-bond donors (Lipinski definition) is 4. The quantitative estimate of drug-likeness (QED) is 0.139. The Kier molecular flexibility index (Phi) is 9.70. The number of para-hydroxylation sites is 2. The highest BCUT2D eigenvalue weighted by Crippen LogP contribution is 2.17. The first-order valence-corrected chi connectivity index (χ1v) is 10.4. The van der Waals surface area contributed by atoms with Gasteiger partial charge in [-0.25, -0.2) is 5.53 Å². The van der Waals surface area contributed by atoms with E-state index in [9.17, 15) is 9.59 Å². The topological polar surface area (TPSA) is 109 Å². The third kappa shape index (κ3) is 8.21. The number of hydrogen-bond acceptors (Lipinski definition) is 7. The Labute approximate surface area is 188 Å². The van der Waals surface area contributed by atoms with E-state index < -0.39 is 0 Å². The molecule has 0 heterocycles. The molecule has 9 heteroatoms. The number of ether oxygens (including phenoxy) is 1. The number of benzene rings is 2. The number of nitrogens with one attached hydrogen (secondary N) is 2. The molecule has 0 unspecified atom stereocenters. The summed E-state index contributed by atoms with van der Waals surface area (Å²) in [5.74, 6) is 0.433. The standard InChI is InChI=1S/C22H29N5O3S/c1-16(17-9-8-10-18(15-17)30-2)25-26-27(31)22(29)14-5-3-4-13-21(28)24-20-12-7-6-11-19(20)23/h6-12,15,26,31H,3-5,13-14,23H2,1-2H3,(H,24,28)/b25-16+. The molecular formula is C22H29N5O3S. The lowest BCUT2D eigenvalue weighted by molar-refractivity contribution is -0.128. The Bertz CT molecular complexity index is 920. The predicted octanol–water partition coefficient (Wildman–Crippen LogP) is 3.77. The first kappa shape index (κ1) is 24.1. The molecule has 0 aliphatic carbocycles. The van der Waals surface area contributed by atoms with Gasteiger partial charge in [-0.3, -0.25) is 9.59 Å². The van der Waals surface area contributed by atoms with Gasteiger partial charge in [-0.05, 0) is 56.8 Å². The number of carbonyl (C=O) groups is 2. The van der Waals surface area contributed by atoms with Crippen molar-refractivity contribution in [2.24, 2.45) is 5.10 Å². The minimum absolute atomic E-state index is 0.0935. The number of hydrazine groups is 1. The van der Waals surface area contributed by atoms with Crippen molar-refractivity contribution in [2.75, 3.05) is 18.2 Å². The molecule has 0 aliphatic rings. The molecule has 0 saturated heterocycles. The monoisotopic (exact) mass is 443 g/mol. The summed E-state index contributed by atoms with van der Waals surface area (Å²) in [6.45, 7) is 1.82. The maximum Gasteiger partial charge on any atom is 0.252 e. The molecular weight excluding hydrogens is 414 g/mol. The maximum atomic E-state index is 12.2. The largest absolute Gasteiger partial charge is 0.497 e. The zero-order valence-electron chi connectivity index (χ0n) is 17.8. The average Bonchev–Trinajstić information content (AvgIpc) is 2.78. The second-order valence-corrected chi connectivity index (χ2v) is 7.33. The molecule has 0 aliphatic heterocycles. The Hall–Kier alpha value is -3.20. The van der Waals surface area contributed by atoms with Gasteiger partial charge in [-0.2, -0.15) is 9.52 Å².